The minimum Gasteiger partial charge on any atom is -0.294 e. The van der Waals surface area contributed by atoms with E-state index < -0.39 is 4.92 Å². The van der Waals surface area contributed by atoms with Crippen LogP contribution in [0, 0.1) is 10.1 Å². The lowest BCUT2D eigenvalue weighted by Gasteiger charge is -1.98. The van der Waals surface area contributed by atoms with Crippen molar-refractivity contribution < 1.29 is 9.72 Å². The van der Waals surface area contributed by atoms with Gasteiger partial charge in [-0.25, -0.2) is 0 Å². The molecule has 0 saturated heterocycles. The molecule has 0 unspecified atom stereocenters. The molecule has 0 amide bonds. The molecular formula is C12H9NO3S. The summed E-state index contributed by atoms with van der Waals surface area (Å²) < 4.78 is 0. The second-order valence-corrected chi connectivity index (χ2v) is 4.37. The van der Waals surface area contributed by atoms with E-state index >= 15 is 0 Å². The van der Waals surface area contributed by atoms with Crippen LogP contribution in [-0.2, 0) is 6.42 Å². The number of carbonyl (C=O) groups is 1. The lowest BCUT2D eigenvalue weighted by molar-refractivity contribution is -0.380. The predicted octanol–water partition coefficient (Wildman–Crippen LogP) is 3.08. The first-order chi connectivity index (χ1) is 8.18. The number of nitrogens with zero attached hydrogens (tertiary/aromatic N) is 1. The Hall–Kier alpha value is -2.01. The second-order valence-electron chi connectivity index (χ2n) is 3.47. The van der Waals surface area contributed by atoms with E-state index in [1.807, 2.05) is 6.07 Å². The van der Waals surface area contributed by atoms with Gasteiger partial charge in [-0.1, -0.05) is 41.7 Å². The number of thiophene rings is 1. The summed E-state index contributed by atoms with van der Waals surface area (Å²) in [6, 6.07) is 10.4. The highest BCUT2D eigenvalue weighted by atomic mass is 32.1. The molecule has 0 atom stereocenters. The quantitative estimate of drug-likeness (QED) is 0.474. The number of hydrogen-bond donors (Lipinski definition) is 0. The zero-order valence-electron chi connectivity index (χ0n) is 8.83. The predicted molar refractivity (Wildman–Crippen MR) is 65.4 cm³/mol. The Kier molecular flexibility index (Phi) is 3.30. The Balaban J connectivity index is 2.19. The molecule has 1 aromatic carbocycles. The Bertz CT molecular complexity index is 548. The van der Waals surface area contributed by atoms with Crippen molar-refractivity contribution in [3.8, 4) is 0 Å². The first-order valence-electron chi connectivity index (χ1n) is 4.97. The molecule has 0 aliphatic carbocycles. The van der Waals surface area contributed by atoms with Crippen LogP contribution in [0.4, 0.5) is 5.00 Å². The molecule has 17 heavy (non-hydrogen) atoms. The first-order valence-corrected chi connectivity index (χ1v) is 5.85. The van der Waals surface area contributed by atoms with Crippen LogP contribution >= 0.6 is 11.3 Å². The van der Waals surface area contributed by atoms with Crippen LogP contribution in [0.2, 0.25) is 0 Å². The van der Waals surface area contributed by atoms with Gasteiger partial charge in [-0.3, -0.25) is 14.9 Å². The van der Waals surface area contributed by atoms with Gasteiger partial charge in [0.15, 0.2) is 5.78 Å². The van der Waals surface area contributed by atoms with Gasteiger partial charge in [-0.2, -0.15) is 0 Å². The molecule has 0 aliphatic heterocycles. The van der Waals surface area contributed by atoms with Crippen LogP contribution in [0.5, 0.6) is 0 Å². The van der Waals surface area contributed by atoms with Gasteiger partial charge in [0.1, 0.15) is 0 Å². The van der Waals surface area contributed by atoms with Gasteiger partial charge in [0, 0.05) is 17.5 Å². The molecule has 2 rings (SSSR count). The molecule has 0 spiro atoms. The topological polar surface area (TPSA) is 60.2 Å². The lowest BCUT2D eigenvalue weighted by Crippen LogP contribution is -2.03. The zero-order valence-corrected chi connectivity index (χ0v) is 9.65. The van der Waals surface area contributed by atoms with Crippen molar-refractivity contribution in [3.05, 3.63) is 63.0 Å². The van der Waals surface area contributed by atoms with Gasteiger partial charge < -0.3 is 0 Å². The largest absolute Gasteiger partial charge is 0.327 e. The molecular weight excluding hydrogens is 238 g/mol. The van der Waals surface area contributed by atoms with Crippen LogP contribution in [0.3, 0.4) is 0 Å². The standard InChI is InChI=1S/C12H9NO3S/c14-11(9-4-2-1-3-5-9)8-10-6-7-17-12(10)13(15)16/h1-7H,8H2. The Labute approximate surface area is 102 Å². The minimum absolute atomic E-state index is 0.0503. The van der Waals surface area contributed by atoms with Gasteiger partial charge >= 0.3 is 5.00 Å². The average Bonchev–Trinajstić information content (AvgIpc) is 2.78. The zero-order chi connectivity index (χ0) is 12.3. The molecule has 0 aliphatic rings. The fourth-order valence-electron chi connectivity index (χ4n) is 1.52. The minimum atomic E-state index is -0.446. The first kappa shape index (κ1) is 11.5. The fraction of sp³-hybridized carbons (Fsp3) is 0.0833. The summed E-state index contributed by atoms with van der Waals surface area (Å²) >= 11 is 1.04. The van der Waals surface area contributed by atoms with Gasteiger partial charge in [0.05, 0.1) is 4.92 Å². The van der Waals surface area contributed by atoms with Gasteiger partial charge in [-0.15, -0.1) is 0 Å². The Morgan fingerprint density at radius 2 is 1.94 bits per heavy atom. The van der Waals surface area contributed by atoms with Crippen LogP contribution in [0.1, 0.15) is 15.9 Å². The van der Waals surface area contributed by atoms with E-state index in [1.165, 1.54) is 0 Å². The summed E-state index contributed by atoms with van der Waals surface area (Å²) in [6.07, 6.45) is 0.0732. The van der Waals surface area contributed by atoms with Crippen molar-refractivity contribution in [1.82, 2.24) is 0 Å². The molecule has 1 aromatic heterocycles. The highest BCUT2D eigenvalue weighted by Crippen LogP contribution is 2.26. The molecule has 0 radical (unpaired) electrons. The molecule has 1 heterocycles. The van der Waals surface area contributed by atoms with Crippen molar-refractivity contribution in [2.45, 2.75) is 6.42 Å². The monoisotopic (exact) mass is 247 g/mol. The SMILES string of the molecule is O=C(Cc1ccsc1[N+](=O)[O-])c1ccccc1. The average molecular weight is 247 g/mol. The smallest absolute Gasteiger partial charge is 0.294 e. The van der Waals surface area contributed by atoms with Gasteiger partial charge in [0.2, 0.25) is 0 Å². The third-order valence-corrected chi connectivity index (χ3v) is 3.24. The number of Topliss-reactive ketones (excluding diaryl/α,β-unsaturated/α-hetero) is 1. The summed E-state index contributed by atoms with van der Waals surface area (Å²) in [7, 11) is 0. The fourth-order valence-corrected chi connectivity index (χ4v) is 2.26. The van der Waals surface area contributed by atoms with E-state index in [-0.39, 0.29) is 17.2 Å². The van der Waals surface area contributed by atoms with Crippen LogP contribution in [-0.4, -0.2) is 10.7 Å². The maximum Gasteiger partial charge on any atom is 0.327 e. The maximum atomic E-state index is 11.9. The van der Waals surface area contributed by atoms with E-state index in [0.29, 0.717) is 11.1 Å². The van der Waals surface area contributed by atoms with Crippen LogP contribution in [0.25, 0.3) is 0 Å². The van der Waals surface area contributed by atoms with Gasteiger partial charge in [0.25, 0.3) is 0 Å². The number of benzene rings is 1. The van der Waals surface area contributed by atoms with Crippen molar-refractivity contribution in [3.63, 3.8) is 0 Å². The second kappa shape index (κ2) is 4.88. The highest BCUT2D eigenvalue weighted by Gasteiger charge is 2.18. The van der Waals surface area contributed by atoms with Gasteiger partial charge in [-0.05, 0) is 11.4 Å². The number of rotatable bonds is 4. The van der Waals surface area contributed by atoms with Crippen molar-refractivity contribution in [1.29, 1.82) is 0 Å². The van der Waals surface area contributed by atoms with Crippen molar-refractivity contribution >= 4 is 22.1 Å². The maximum absolute atomic E-state index is 11.9. The number of carbonyl (C=O) groups excluding carboxylic acids is 1. The summed E-state index contributed by atoms with van der Waals surface area (Å²) in [6.45, 7) is 0. The molecule has 0 bridgehead atoms. The Morgan fingerprint density at radius 3 is 2.59 bits per heavy atom. The molecule has 0 N–H and O–H groups in total. The summed E-state index contributed by atoms with van der Waals surface area (Å²) in [5.74, 6) is -0.105. The molecule has 2 aromatic rings. The summed E-state index contributed by atoms with van der Waals surface area (Å²) in [5, 5.41) is 12.4. The lowest BCUT2D eigenvalue weighted by atomic mass is 10.1. The molecule has 0 fully saturated rings. The molecule has 0 saturated carbocycles. The Morgan fingerprint density at radius 1 is 1.24 bits per heavy atom. The molecule has 86 valence electrons. The summed E-state index contributed by atoms with van der Waals surface area (Å²) in [4.78, 5) is 22.1. The van der Waals surface area contributed by atoms with E-state index in [2.05, 4.69) is 0 Å². The number of ketones is 1. The summed E-state index contributed by atoms with van der Waals surface area (Å²) in [5.41, 5.74) is 1.06. The van der Waals surface area contributed by atoms with E-state index in [0.717, 1.165) is 11.3 Å². The third kappa shape index (κ3) is 2.57. The van der Waals surface area contributed by atoms with Crippen molar-refractivity contribution in [2.75, 3.05) is 0 Å². The van der Waals surface area contributed by atoms with E-state index in [4.69, 9.17) is 0 Å². The molecule has 4 nitrogen and oxygen atoms in total. The van der Waals surface area contributed by atoms with Crippen LogP contribution < -0.4 is 0 Å². The molecule has 5 heteroatoms. The third-order valence-electron chi connectivity index (χ3n) is 2.34. The van der Waals surface area contributed by atoms with Crippen molar-refractivity contribution in [2.24, 2.45) is 0 Å². The van der Waals surface area contributed by atoms with E-state index in [1.54, 1.807) is 35.7 Å². The van der Waals surface area contributed by atoms with Crippen LogP contribution in [0.15, 0.2) is 41.8 Å². The normalized spacial score (nSPS) is 10.1. The van der Waals surface area contributed by atoms with E-state index in [9.17, 15) is 14.9 Å². The number of nitro groups is 1. The highest BCUT2D eigenvalue weighted by molar-refractivity contribution is 7.13. The number of hydrogen-bond acceptors (Lipinski definition) is 4.